The normalized spacial score (nSPS) is 28.4. The lowest BCUT2D eigenvalue weighted by atomic mass is 10.0. The molecule has 0 amide bonds. The van der Waals surface area contributed by atoms with Crippen LogP contribution in [-0.4, -0.2) is 0 Å². The smallest absolute Gasteiger partial charge is 0.0357 e. The van der Waals surface area contributed by atoms with Crippen molar-refractivity contribution in [3.63, 3.8) is 0 Å². The SMILES string of the molecule is CC.CC(C)C1CC1C(C)C. The third-order valence-electron chi connectivity index (χ3n) is 2.60. The fourth-order valence-electron chi connectivity index (χ4n) is 1.77. The predicted octanol–water partition coefficient (Wildman–Crippen LogP) is 3.96. The van der Waals surface area contributed by atoms with Gasteiger partial charge in [0, 0.05) is 0 Å². The van der Waals surface area contributed by atoms with Crippen LogP contribution in [0.25, 0.3) is 0 Å². The van der Waals surface area contributed by atoms with Gasteiger partial charge in [-0.1, -0.05) is 41.5 Å². The molecule has 68 valence electrons. The molecule has 0 heterocycles. The highest BCUT2D eigenvalue weighted by Gasteiger charge is 2.40. The van der Waals surface area contributed by atoms with E-state index in [4.69, 9.17) is 0 Å². The van der Waals surface area contributed by atoms with Crippen LogP contribution in [-0.2, 0) is 0 Å². The van der Waals surface area contributed by atoms with E-state index in [1.807, 2.05) is 13.8 Å². The molecule has 0 radical (unpaired) electrons. The van der Waals surface area contributed by atoms with Crippen LogP contribution in [0.5, 0.6) is 0 Å². The van der Waals surface area contributed by atoms with Crippen molar-refractivity contribution in [2.75, 3.05) is 0 Å². The minimum Gasteiger partial charge on any atom is -0.0683 e. The second-order valence-electron chi connectivity index (χ2n) is 4.05. The van der Waals surface area contributed by atoms with Gasteiger partial charge in [0.05, 0.1) is 0 Å². The Balaban J connectivity index is 0.000000461. The summed E-state index contributed by atoms with van der Waals surface area (Å²) in [7, 11) is 0. The van der Waals surface area contributed by atoms with Gasteiger partial charge >= 0.3 is 0 Å². The van der Waals surface area contributed by atoms with Crippen LogP contribution in [0.1, 0.15) is 48.0 Å². The Kier molecular flexibility index (Phi) is 4.79. The summed E-state index contributed by atoms with van der Waals surface area (Å²) in [6, 6.07) is 0. The average molecular weight is 156 g/mol. The van der Waals surface area contributed by atoms with E-state index in [9.17, 15) is 0 Å². The van der Waals surface area contributed by atoms with Crippen LogP contribution in [0.3, 0.4) is 0 Å². The fraction of sp³-hybridized carbons (Fsp3) is 1.00. The Morgan fingerprint density at radius 2 is 1.09 bits per heavy atom. The van der Waals surface area contributed by atoms with Crippen LogP contribution < -0.4 is 0 Å². The standard InChI is InChI=1S/C9H18.C2H6/c1-6(2)8-5-9(8)7(3)4;1-2/h6-9H,5H2,1-4H3;1-2H3. The zero-order valence-electron chi connectivity index (χ0n) is 9.02. The van der Waals surface area contributed by atoms with E-state index in [2.05, 4.69) is 27.7 Å². The van der Waals surface area contributed by atoms with Crippen molar-refractivity contribution in [1.82, 2.24) is 0 Å². The van der Waals surface area contributed by atoms with Crippen molar-refractivity contribution in [3.8, 4) is 0 Å². The van der Waals surface area contributed by atoms with Gasteiger partial charge < -0.3 is 0 Å². The van der Waals surface area contributed by atoms with Gasteiger partial charge in [-0.3, -0.25) is 0 Å². The summed E-state index contributed by atoms with van der Waals surface area (Å²) in [5.41, 5.74) is 0. The summed E-state index contributed by atoms with van der Waals surface area (Å²) < 4.78 is 0. The molecule has 1 rings (SSSR count). The average Bonchev–Trinajstić information content (AvgIpc) is 2.69. The van der Waals surface area contributed by atoms with Crippen LogP contribution >= 0.6 is 0 Å². The first-order valence-electron chi connectivity index (χ1n) is 5.13. The maximum Gasteiger partial charge on any atom is -0.0357 e. The highest BCUT2D eigenvalue weighted by Crippen LogP contribution is 2.48. The van der Waals surface area contributed by atoms with Crippen molar-refractivity contribution in [2.24, 2.45) is 23.7 Å². The molecule has 1 fully saturated rings. The van der Waals surface area contributed by atoms with Crippen molar-refractivity contribution in [2.45, 2.75) is 48.0 Å². The molecular weight excluding hydrogens is 132 g/mol. The van der Waals surface area contributed by atoms with Crippen LogP contribution in [0.4, 0.5) is 0 Å². The molecule has 0 aromatic heterocycles. The molecule has 0 aliphatic heterocycles. The Hall–Kier alpha value is 0. The van der Waals surface area contributed by atoms with E-state index < -0.39 is 0 Å². The van der Waals surface area contributed by atoms with Crippen molar-refractivity contribution >= 4 is 0 Å². The van der Waals surface area contributed by atoms with E-state index in [0.29, 0.717) is 0 Å². The summed E-state index contributed by atoms with van der Waals surface area (Å²) in [5.74, 6) is 3.98. The first kappa shape index (κ1) is 11.0. The first-order valence-corrected chi connectivity index (χ1v) is 5.13. The zero-order valence-corrected chi connectivity index (χ0v) is 9.02. The largest absolute Gasteiger partial charge is 0.0683 e. The van der Waals surface area contributed by atoms with Crippen molar-refractivity contribution in [3.05, 3.63) is 0 Å². The van der Waals surface area contributed by atoms with Gasteiger partial charge in [0.2, 0.25) is 0 Å². The summed E-state index contributed by atoms with van der Waals surface area (Å²) in [6.07, 6.45) is 1.50. The molecule has 0 spiro atoms. The highest BCUT2D eigenvalue weighted by atomic mass is 14.5. The summed E-state index contributed by atoms with van der Waals surface area (Å²) in [5, 5.41) is 0. The summed E-state index contributed by atoms with van der Waals surface area (Å²) in [6.45, 7) is 13.4. The second-order valence-corrected chi connectivity index (χ2v) is 4.05. The monoisotopic (exact) mass is 156 g/mol. The molecule has 0 aromatic carbocycles. The molecule has 2 atom stereocenters. The molecule has 0 nitrogen and oxygen atoms in total. The van der Waals surface area contributed by atoms with Gasteiger partial charge in [-0.15, -0.1) is 0 Å². The Morgan fingerprint density at radius 3 is 1.18 bits per heavy atom. The van der Waals surface area contributed by atoms with Crippen molar-refractivity contribution in [1.29, 1.82) is 0 Å². The topological polar surface area (TPSA) is 0 Å². The maximum atomic E-state index is 2.34. The molecule has 0 N–H and O–H groups in total. The van der Waals surface area contributed by atoms with E-state index in [1.54, 1.807) is 0 Å². The lowest BCUT2D eigenvalue weighted by molar-refractivity contribution is 0.448. The molecule has 11 heavy (non-hydrogen) atoms. The molecule has 1 saturated carbocycles. The fourth-order valence-corrected chi connectivity index (χ4v) is 1.77. The molecule has 0 saturated heterocycles. The van der Waals surface area contributed by atoms with Crippen LogP contribution in [0, 0.1) is 23.7 Å². The number of rotatable bonds is 2. The maximum absolute atomic E-state index is 2.34. The van der Waals surface area contributed by atoms with Gasteiger partial charge in [0.1, 0.15) is 0 Å². The van der Waals surface area contributed by atoms with Crippen LogP contribution in [0.15, 0.2) is 0 Å². The van der Waals surface area contributed by atoms with Gasteiger partial charge in [-0.25, -0.2) is 0 Å². The van der Waals surface area contributed by atoms with Gasteiger partial charge in [-0.05, 0) is 30.1 Å². The lowest BCUT2D eigenvalue weighted by Gasteiger charge is -2.04. The second kappa shape index (κ2) is 4.79. The van der Waals surface area contributed by atoms with Gasteiger partial charge in [0.25, 0.3) is 0 Å². The van der Waals surface area contributed by atoms with Gasteiger partial charge in [-0.2, -0.15) is 0 Å². The van der Waals surface area contributed by atoms with E-state index in [0.717, 1.165) is 23.7 Å². The Morgan fingerprint density at radius 1 is 0.818 bits per heavy atom. The molecule has 1 aliphatic carbocycles. The molecule has 0 bridgehead atoms. The minimum atomic E-state index is 0.928. The first-order chi connectivity index (χ1) is 5.13. The summed E-state index contributed by atoms with van der Waals surface area (Å²) in [4.78, 5) is 0. The van der Waals surface area contributed by atoms with Gasteiger partial charge in [0.15, 0.2) is 0 Å². The van der Waals surface area contributed by atoms with Crippen LogP contribution in [0.2, 0.25) is 0 Å². The molecule has 0 heteroatoms. The predicted molar refractivity (Wildman–Crippen MR) is 52.6 cm³/mol. The molecule has 0 aromatic rings. The molecule has 1 aliphatic rings. The zero-order chi connectivity index (χ0) is 9.02. The van der Waals surface area contributed by atoms with E-state index in [1.165, 1.54) is 6.42 Å². The van der Waals surface area contributed by atoms with E-state index in [-0.39, 0.29) is 0 Å². The number of hydrogen-bond acceptors (Lipinski definition) is 0. The molecular formula is C11H24. The Labute approximate surface area is 72.4 Å². The third-order valence-corrected chi connectivity index (χ3v) is 2.60. The van der Waals surface area contributed by atoms with Crippen molar-refractivity contribution < 1.29 is 0 Å². The highest BCUT2D eigenvalue weighted by molar-refractivity contribution is 4.89. The quantitative estimate of drug-likeness (QED) is 0.567. The Bertz CT molecular complexity index is 80.2. The number of hydrogen-bond donors (Lipinski definition) is 0. The minimum absolute atomic E-state index is 0.928. The summed E-state index contributed by atoms with van der Waals surface area (Å²) >= 11 is 0. The molecule has 2 unspecified atom stereocenters. The lowest BCUT2D eigenvalue weighted by Crippen LogP contribution is -1.97. The third kappa shape index (κ3) is 3.27. The van der Waals surface area contributed by atoms with E-state index >= 15 is 0 Å².